The summed E-state index contributed by atoms with van der Waals surface area (Å²) < 4.78 is 9.89. The minimum absolute atomic E-state index is 0.0436. The molecule has 5 nitrogen and oxygen atoms in total. The first-order valence-corrected chi connectivity index (χ1v) is 17.6. The molecule has 240 valence electrons. The molecule has 0 aromatic heterocycles. The first kappa shape index (κ1) is 29.2. The van der Waals surface area contributed by atoms with Gasteiger partial charge in [-0.2, -0.15) is 4.58 Å². The van der Waals surface area contributed by atoms with Gasteiger partial charge in [-0.05, 0) is 98.1 Å². The highest BCUT2D eigenvalue weighted by Gasteiger charge is 2.59. The molecule has 0 saturated heterocycles. The molecule has 5 aliphatic heterocycles. The van der Waals surface area contributed by atoms with Crippen molar-refractivity contribution in [1.82, 2.24) is 0 Å². The number of ether oxygens (including phenoxy) is 1. The number of fused-ring (bicyclic) bond motifs is 11. The Morgan fingerprint density at radius 2 is 1.79 bits per heavy atom. The lowest BCUT2D eigenvalue weighted by Gasteiger charge is -2.47. The van der Waals surface area contributed by atoms with Crippen LogP contribution in [-0.2, 0) is 20.4 Å². The molecule has 5 heterocycles. The van der Waals surface area contributed by atoms with Crippen LogP contribution in [0.3, 0.4) is 0 Å². The number of aliphatic carboxylic acids is 1. The second-order valence-electron chi connectivity index (χ2n) is 16.3. The lowest BCUT2D eigenvalue weighted by molar-refractivity contribution is -0.466. The molecular weight excluding hydrogens is 580 g/mol. The Bertz CT molecular complexity index is 2030. The van der Waals surface area contributed by atoms with Crippen molar-refractivity contribution in [1.29, 1.82) is 0 Å². The lowest BCUT2D eigenvalue weighted by atomic mass is 9.67. The number of benzene rings is 3. The Kier molecular flexibility index (Phi) is 6.08. The third-order valence-electron chi connectivity index (χ3n) is 12.4. The van der Waals surface area contributed by atoms with Crippen molar-refractivity contribution >= 4 is 33.8 Å². The molecule has 0 saturated carbocycles. The molecule has 0 bridgehead atoms. The number of rotatable bonds is 4. The van der Waals surface area contributed by atoms with E-state index in [0.717, 1.165) is 32.4 Å². The Morgan fingerprint density at radius 3 is 2.62 bits per heavy atom. The van der Waals surface area contributed by atoms with E-state index in [1.54, 1.807) is 0 Å². The molecule has 4 atom stereocenters. The first-order valence-electron chi connectivity index (χ1n) is 17.6. The smallest absolute Gasteiger partial charge is 0.303 e. The van der Waals surface area contributed by atoms with Crippen molar-refractivity contribution < 1.29 is 19.2 Å². The minimum atomic E-state index is -0.717. The molecule has 5 heteroatoms. The Balaban J connectivity index is 1.21. The standard InChI is InChI=1S/C42H44N2O3/c1-40(2)24-44-33-17-16-25-11-6-7-12-28(25)36(33)41(3,4)37(44)30-22-27-21-29-26(23-34(27)47-39(30)40)18-20-43-32-14-9-8-13-31(32)42(5,38(29)43)19-10-15-35(45)46/h6-9,11-14,16-17,21-22,26,34,39H,10,15,18-20,23-24H2,1-5H3/p+1. The van der Waals surface area contributed by atoms with Gasteiger partial charge in [0.1, 0.15) is 6.10 Å². The highest BCUT2D eigenvalue weighted by Crippen LogP contribution is 2.58. The summed E-state index contributed by atoms with van der Waals surface area (Å²) in [6.07, 6.45) is 8.94. The molecule has 4 unspecified atom stereocenters. The molecule has 0 fully saturated rings. The molecule has 6 aliphatic rings. The third kappa shape index (κ3) is 3.99. The summed E-state index contributed by atoms with van der Waals surface area (Å²) in [5.74, 6) is -0.279. The second-order valence-corrected chi connectivity index (χ2v) is 16.3. The van der Waals surface area contributed by atoms with E-state index >= 15 is 0 Å². The van der Waals surface area contributed by atoms with Gasteiger partial charge in [-0.3, -0.25) is 4.79 Å². The van der Waals surface area contributed by atoms with Crippen LogP contribution in [0.4, 0.5) is 11.4 Å². The maximum atomic E-state index is 11.6. The molecule has 0 spiro atoms. The first-order chi connectivity index (χ1) is 22.5. The SMILES string of the molecule is CC1(C)C2=[N+](CC(C)(C)C3OC4CC5CCN6C(=C5C=C4C=C23)C(C)(CCCC(=O)O)c2ccccc26)c2ccc3ccccc3c21. The fraction of sp³-hybridized carbons (Fsp3) is 0.429. The molecular formula is C42H45N2O3+. The van der Waals surface area contributed by atoms with Crippen LogP contribution in [0.1, 0.15) is 77.8 Å². The fourth-order valence-electron chi connectivity index (χ4n) is 10.5. The van der Waals surface area contributed by atoms with Gasteiger partial charge in [0.05, 0.1) is 16.9 Å². The molecule has 1 N–H and O–H groups in total. The van der Waals surface area contributed by atoms with Crippen molar-refractivity contribution in [2.24, 2.45) is 11.3 Å². The van der Waals surface area contributed by atoms with Gasteiger partial charge in [0, 0.05) is 47.0 Å². The molecule has 47 heavy (non-hydrogen) atoms. The number of para-hydroxylation sites is 1. The maximum absolute atomic E-state index is 11.6. The number of hydrogen-bond donors (Lipinski definition) is 1. The monoisotopic (exact) mass is 625 g/mol. The van der Waals surface area contributed by atoms with Gasteiger partial charge in [0.25, 0.3) is 0 Å². The largest absolute Gasteiger partial charge is 0.481 e. The van der Waals surface area contributed by atoms with Crippen molar-refractivity contribution in [2.45, 2.75) is 89.8 Å². The van der Waals surface area contributed by atoms with E-state index in [0.29, 0.717) is 12.3 Å². The molecule has 1 aliphatic carbocycles. The topological polar surface area (TPSA) is 52.8 Å². The van der Waals surface area contributed by atoms with E-state index in [2.05, 4.69) is 117 Å². The summed E-state index contributed by atoms with van der Waals surface area (Å²) in [5, 5.41) is 12.1. The van der Waals surface area contributed by atoms with Gasteiger partial charge in [-0.15, -0.1) is 0 Å². The summed E-state index contributed by atoms with van der Waals surface area (Å²) in [6.45, 7) is 13.9. The van der Waals surface area contributed by atoms with E-state index in [1.807, 2.05) is 0 Å². The van der Waals surface area contributed by atoms with E-state index < -0.39 is 5.97 Å². The highest BCUT2D eigenvalue weighted by molar-refractivity contribution is 6.12. The van der Waals surface area contributed by atoms with Crippen LogP contribution in [-0.4, -0.2) is 46.7 Å². The van der Waals surface area contributed by atoms with Crippen LogP contribution in [0.25, 0.3) is 10.8 Å². The summed E-state index contributed by atoms with van der Waals surface area (Å²) in [4.78, 5) is 14.1. The van der Waals surface area contributed by atoms with Gasteiger partial charge in [0.15, 0.2) is 12.3 Å². The number of carbonyl (C=O) groups is 1. The number of hydrogen-bond acceptors (Lipinski definition) is 3. The van der Waals surface area contributed by atoms with Crippen molar-refractivity contribution in [3.05, 3.63) is 106 Å². The van der Waals surface area contributed by atoms with Crippen molar-refractivity contribution in [3.8, 4) is 0 Å². The Hall–Kier alpha value is -3.96. The minimum Gasteiger partial charge on any atom is -0.481 e. The quantitative estimate of drug-likeness (QED) is 0.295. The number of allylic oxidation sites excluding steroid dienone is 3. The van der Waals surface area contributed by atoms with Gasteiger partial charge in [0.2, 0.25) is 5.69 Å². The van der Waals surface area contributed by atoms with E-state index in [-0.39, 0.29) is 34.9 Å². The zero-order chi connectivity index (χ0) is 32.5. The molecule has 0 radical (unpaired) electrons. The third-order valence-corrected chi connectivity index (χ3v) is 12.4. The summed E-state index contributed by atoms with van der Waals surface area (Å²) >= 11 is 0. The molecule has 9 rings (SSSR count). The number of anilines is 1. The molecule has 0 amide bonds. The number of carboxylic acid groups (broad SMARTS) is 1. The number of nitrogens with zero attached hydrogens (tertiary/aromatic N) is 2. The Labute approximate surface area is 277 Å². The van der Waals surface area contributed by atoms with E-state index in [4.69, 9.17) is 4.74 Å². The maximum Gasteiger partial charge on any atom is 0.303 e. The van der Waals surface area contributed by atoms with Crippen LogP contribution in [0.15, 0.2) is 95.2 Å². The molecule has 3 aromatic rings. The summed E-state index contributed by atoms with van der Waals surface area (Å²) in [6, 6.07) is 22.3. The van der Waals surface area contributed by atoms with Crippen LogP contribution < -0.4 is 4.90 Å². The predicted octanol–water partition coefficient (Wildman–Crippen LogP) is 8.59. The zero-order valence-electron chi connectivity index (χ0n) is 28.3. The average Bonchev–Trinajstić information content (AvgIpc) is 3.43. The zero-order valence-corrected chi connectivity index (χ0v) is 28.3. The number of carboxylic acids is 1. The lowest BCUT2D eigenvalue weighted by Crippen LogP contribution is -2.53. The predicted molar refractivity (Wildman–Crippen MR) is 188 cm³/mol. The summed E-state index contributed by atoms with van der Waals surface area (Å²) in [5.41, 5.74) is 11.8. The summed E-state index contributed by atoms with van der Waals surface area (Å²) in [7, 11) is 0. The highest BCUT2D eigenvalue weighted by atomic mass is 16.5. The molecule has 3 aromatic carbocycles. The van der Waals surface area contributed by atoms with E-state index in [9.17, 15) is 9.90 Å². The normalized spacial score (nSPS) is 29.2. The van der Waals surface area contributed by atoms with Gasteiger partial charge >= 0.3 is 5.97 Å². The van der Waals surface area contributed by atoms with Crippen LogP contribution in [0.5, 0.6) is 0 Å². The average molecular weight is 626 g/mol. The van der Waals surface area contributed by atoms with Gasteiger partial charge in [-0.25, -0.2) is 0 Å². The van der Waals surface area contributed by atoms with Crippen molar-refractivity contribution in [3.63, 3.8) is 0 Å². The van der Waals surface area contributed by atoms with E-state index in [1.165, 1.54) is 61.4 Å². The van der Waals surface area contributed by atoms with Crippen LogP contribution >= 0.6 is 0 Å². The fourth-order valence-corrected chi connectivity index (χ4v) is 10.5. The van der Waals surface area contributed by atoms with Crippen molar-refractivity contribution in [2.75, 3.05) is 18.0 Å². The van der Waals surface area contributed by atoms with Crippen LogP contribution in [0.2, 0.25) is 0 Å². The van der Waals surface area contributed by atoms with Gasteiger partial charge in [-0.1, -0.05) is 62.4 Å². The van der Waals surface area contributed by atoms with Crippen LogP contribution in [0, 0.1) is 11.3 Å². The Morgan fingerprint density at radius 1 is 1.00 bits per heavy atom. The second kappa shape index (κ2) is 9.79. The van der Waals surface area contributed by atoms with Gasteiger partial charge < -0.3 is 14.7 Å².